The third-order valence-electron chi connectivity index (χ3n) is 4.72. The van der Waals surface area contributed by atoms with Crippen molar-refractivity contribution in [3.05, 3.63) is 0 Å². The molecule has 0 spiro atoms. The topological polar surface area (TPSA) is 32.3 Å². The first-order valence-corrected chi connectivity index (χ1v) is 7.90. The predicted molar refractivity (Wildman–Crippen MR) is 80.9 cm³/mol. The summed E-state index contributed by atoms with van der Waals surface area (Å²) in [5.74, 6) is 0.890. The van der Waals surface area contributed by atoms with Crippen LogP contribution in [0.4, 0.5) is 0 Å². The number of nitrogens with one attached hydrogen (secondary N) is 1. The molecule has 1 amide bonds. The molecule has 1 fully saturated rings. The lowest BCUT2D eigenvalue weighted by molar-refractivity contribution is -0.132. The quantitative estimate of drug-likeness (QED) is 0.767. The Morgan fingerprint density at radius 2 is 1.95 bits per heavy atom. The molecule has 3 nitrogen and oxygen atoms in total. The molecule has 3 heteroatoms. The zero-order chi connectivity index (χ0) is 14.6. The molecule has 19 heavy (non-hydrogen) atoms. The van der Waals surface area contributed by atoms with Crippen molar-refractivity contribution in [1.82, 2.24) is 10.2 Å². The Bertz CT molecular complexity index is 299. The van der Waals surface area contributed by atoms with Gasteiger partial charge in [-0.25, -0.2) is 0 Å². The molecule has 0 radical (unpaired) electrons. The highest BCUT2D eigenvalue weighted by Crippen LogP contribution is 2.30. The Labute approximate surface area is 119 Å². The summed E-state index contributed by atoms with van der Waals surface area (Å²) >= 11 is 0. The van der Waals surface area contributed by atoms with Gasteiger partial charge in [-0.05, 0) is 24.2 Å². The van der Waals surface area contributed by atoms with Crippen LogP contribution in [0, 0.1) is 11.3 Å². The van der Waals surface area contributed by atoms with Gasteiger partial charge in [0, 0.05) is 6.54 Å². The molecule has 0 bridgehead atoms. The van der Waals surface area contributed by atoms with Crippen LogP contribution in [0.2, 0.25) is 0 Å². The van der Waals surface area contributed by atoms with Crippen LogP contribution in [0.3, 0.4) is 0 Å². The lowest BCUT2D eigenvalue weighted by atomic mass is 9.80. The fourth-order valence-electron chi connectivity index (χ4n) is 2.51. The summed E-state index contributed by atoms with van der Waals surface area (Å²) in [5.41, 5.74) is 0.171. The van der Waals surface area contributed by atoms with E-state index in [0.717, 1.165) is 32.2 Å². The lowest BCUT2D eigenvalue weighted by Crippen LogP contribution is -2.44. The minimum Gasteiger partial charge on any atom is -0.325 e. The molecule has 1 saturated heterocycles. The van der Waals surface area contributed by atoms with E-state index in [4.69, 9.17) is 0 Å². The van der Waals surface area contributed by atoms with Crippen molar-refractivity contribution in [3.63, 3.8) is 0 Å². The Balaban J connectivity index is 2.72. The number of hydrogen-bond acceptors (Lipinski definition) is 2. The van der Waals surface area contributed by atoms with Crippen molar-refractivity contribution >= 4 is 5.91 Å². The Morgan fingerprint density at radius 3 is 2.42 bits per heavy atom. The van der Waals surface area contributed by atoms with Gasteiger partial charge in [0.1, 0.15) is 0 Å². The van der Waals surface area contributed by atoms with Gasteiger partial charge >= 0.3 is 0 Å². The molecule has 1 N–H and O–H groups in total. The van der Waals surface area contributed by atoms with Crippen LogP contribution < -0.4 is 5.32 Å². The average molecular weight is 268 g/mol. The molecule has 0 aliphatic carbocycles. The van der Waals surface area contributed by atoms with E-state index in [1.807, 2.05) is 0 Å². The normalized spacial score (nSPS) is 24.6. The maximum atomic E-state index is 12.5. The zero-order valence-electron chi connectivity index (χ0n) is 13.6. The van der Waals surface area contributed by atoms with Gasteiger partial charge in [-0.2, -0.15) is 0 Å². The van der Waals surface area contributed by atoms with Crippen LogP contribution in [0.5, 0.6) is 0 Å². The second-order valence-corrected chi connectivity index (χ2v) is 6.89. The van der Waals surface area contributed by atoms with Crippen LogP contribution >= 0.6 is 0 Å². The molecule has 1 aliphatic rings. The average Bonchev–Trinajstić information content (AvgIpc) is 2.63. The van der Waals surface area contributed by atoms with Crippen molar-refractivity contribution in [2.24, 2.45) is 11.3 Å². The van der Waals surface area contributed by atoms with Crippen LogP contribution in [-0.2, 0) is 4.79 Å². The third-order valence-corrected chi connectivity index (χ3v) is 4.72. The lowest BCUT2D eigenvalue weighted by Gasteiger charge is -2.36. The SMILES string of the molecule is CCCCC1NC(CC)N(CC(C)(C)C(C)C)C1=O. The first-order valence-electron chi connectivity index (χ1n) is 7.90. The van der Waals surface area contributed by atoms with Crippen molar-refractivity contribution < 1.29 is 4.79 Å². The van der Waals surface area contributed by atoms with Crippen molar-refractivity contribution in [2.45, 2.75) is 79.4 Å². The monoisotopic (exact) mass is 268 g/mol. The van der Waals surface area contributed by atoms with Crippen LogP contribution in [0.1, 0.15) is 67.2 Å². The summed E-state index contributed by atoms with van der Waals surface area (Å²) < 4.78 is 0. The van der Waals surface area contributed by atoms with Crippen molar-refractivity contribution in [1.29, 1.82) is 0 Å². The fourth-order valence-corrected chi connectivity index (χ4v) is 2.51. The molecule has 1 rings (SSSR count). The van der Waals surface area contributed by atoms with Gasteiger partial charge in [0.05, 0.1) is 12.2 Å². The minimum absolute atomic E-state index is 0.0489. The molecule has 0 aromatic heterocycles. The van der Waals surface area contributed by atoms with Gasteiger partial charge in [-0.15, -0.1) is 0 Å². The smallest absolute Gasteiger partial charge is 0.241 e. The van der Waals surface area contributed by atoms with E-state index < -0.39 is 0 Å². The fraction of sp³-hybridized carbons (Fsp3) is 0.938. The van der Waals surface area contributed by atoms with Gasteiger partial charge in [-0.3, -0.25) is 10.1 Å². The van der Waals surface area contributed by atoms with Crippen molar-refractivity contribution in [2.75, 3.05) is 6.54 Å². The van der Waals surface area contributed by atoms with E-state index >= 15 is 0 Å². The predicted octanol–water partition coefficient (Wildman–Crippen LogP) is 3.40. The summed E-state index contributed by atoms with van der Waals surface area (Å²) in [6.45, 7) is 14.2. The summed E-state index contributed by atoms with van der Waals surface area (Å²) in [6, 6.07) is 0.0489. The number of rotatable bonds is 7. The highest BCUT2D eigenvalue weighted by molar-refractivity contribution is 5.84. The number of amides is 1. The number of carbonyl (C=O) groups is 1. The van der Waals surface area contributed by atoms with Gasteiger partial charge in [0.2, 0.25) is 5.91 Å². The summed E-state index contributed by atoms with van der Waals surface area (Å²) in [7, 11) is 0. The highest BCUT2D eigenvalue weighted by atomic mass is 16.2. The number of hydrogen-bond donors (Lipinski definition) is 1. The first-order chi connectivity index (χ1) is 8.83. The van der Waals surface area contributed by atoms with Crippen LogP contribution in [-0.4, -0.2) is 29.6 Å². The summed E-state index contributed by atoms with van der Waals surface area (Å²) in [4.78, 5) is 14.6. The molecule has 1 heterocycles. The van der Waals surface area contributed by atoms with Gasteiger partial charge in [0.15, 0.2) is 0 Å². The molecule has 0 saturated carbocycles. The molecule has 0 aromatic rings. The Kier molecular flexibility index (Phi) is 5.84. The van der Waals surface area contributed by atoms with E-state index in [1.54, 1.807) is 0 Å². The molecular weight excluding hydrogens is 236 g/mol. The first kappa shape index (κ1) is 16.5. The number of carbonyl (C=O) groups excluding carboxylic acids is 1. The van der Waals surface area contributed by atoms with E-state index in [1.165, 1.54) is 0 Å². The third kappa shape index (κ3) is 3.95. The molecule has 0 aromatic carbocycles. The van der Waals surface area contributed by atoms with E-state index in [0.29, 0.717) is 11.8 Å². The summed E-state index contributed by atoms with van der Waals surface area (Å²) in [5, 5.41) is 3.51. The largest absolute Gasteiger partial charge is 0.325 e. The maximum absolute atomic E-state index is 12.5. The van der Waals surface area contributed by atoms with E-state index in [9.17, 15) is 4.79 Å². The standard InChI is InChI=1S/C16H32N2O/c1-7-9-10-13-15(19)18(14(8-2)17-13)11-16(5,6)12(3)4/h12-14,17H,7-11H2,1-6H3. The number of nitrogens with zero attached hydrogens (tertiary/aromatic N) is 1. The molecule has 1 aliphatic heterocycles. The molecule has 2 atom stereocenters. The molecular formula is C16H32N2O. The van der Waals surface area contributed by atoms with E-state index in [-0.39, 0.29) is 17.6 Å². The molecule has 112 valence electrons. The molecule has 2 unspecified atom stereocenters. The van der Waals surface area contributed by atoms with Gasteiger partial charge in [-0.1, -0.05) is 54.4 Å². The zero-order valence-corrected chi connectivity index (χ0v) is 13.6. The highest BCUT2D eigenvalue weighted by Gasteiger charge is 2.40. The van der Waals surface area contributed by atoms with Gasteiger partial charge in [0.25, 0.3) is 0 Å². The number of unbranched alkanes of at least 4 members (excludes halogenated alkanes) is 1. The Morgan fingerprint density at radius 1 is 1.32 bits per heavy atom. The van der Waals surface area contributed by atoms with Crippen LogP contribution in [0.25, 0.3) is 0 Å². The second-order valence-electron chi connectivity index (χ2n) is 6.89. The van der Waals surface area contributed by atoms with E-state index in [2.05, 4.69) is 51.8 Å². The summed E-state index contributed by atoms with van der Waals surface area (Å²) in [6.07, 6.45) is 4.47. The van der Waals surface area contributed by atoms with Crippen molar-refractivity contribution in [3.8, 4) is 0 Å². The minimum atomic E-state index is 0.0489. The second kappa shape index (κ2) is 6.74. The van der Waals surface area contributed by atoms with Gasteiger partial charge < -0.3 is 4.90 Å². The maximum Gasteiger partial charge on any atom is 0.241 e. The Hall–Kier alpha value is -0.570. The van der Waals surface area contributed by atoms with Crippen LogP contribution in [0.15, 0.2) is 0 Å².